The highest BCUT2D eigenvalue weighted by molar-refractivity contribution is 5.27. The Kier molecular flexibility index (Phi) is 7.55. The van der Waals surface area contributed by atoms with Crippen LogP contribution in [0.15, 0.2) is 24.3 Å². The summed E-state index contributed by atoms with van der Waals surface area (Å²) < 4.78 is 0. The Balaban J connectivity index is 2.12. The summed E-state index contributed by atoms with van der Waals surface area (Å²) in [6.07, 6.45) is 10.6. The zero-order valence-corrected chi connectivity index (χ0v) is 12.0. The quantitative estimate of drug-likeness (QED) is 0.586. The summed E-state index contributed by atoms with van der Waals surface area (Å²) in [5.74, 6) is 1.11. The van der Waals surface area contributed by atoms with Crippen molar-refractivity contribution in [1.29, 1.82) is 0 Å². The van der Waals surface area contributed by atoms with Gasteiger partial charge in [0.2, 0.25) is 0 Å². The molecule has 1 atom stereocenters. The number of unbranched alkanes of at least 4 members (excludes halogenated alkanes) is 5. The van der Waals surface area contributed by atoms with Gasteiger partial charge in [-0.15, -0.1) is 0 Å². The molecule has 1 N–H and O–H groups in total. The van der Waals surface area contributed by atoms with Gasteiger partial charge in [-0.25, -0.2) is 0 Å². The molecule has 1 aromatic rings. The first-order valence-corrected chi connectivity index (χ1v) is 7.50. The molecule has 1 aromatic carbocycles. The van der Waals surface area contributed by atoms with Crippen molar-refractivity contribution < 1.29 is 5.11 Å². The summed E-state index contributed by atoms with van der Waals surface area (Å²) in [5.41, 5.74) is 1.26. The van der Waals surface area contributed by atoms with Crippen LogP contribution in [0.1, 0.15) is 64.4 Å². The third-order valence-electron chi connectivity index (χ3n) is 3.55. The van der Waals surface area contributed by atoms with Gasteiger partial charge in [0.1, 0.15) is 5.75 Å². The van der Waals surface area contributed by atoms with Gasteiger partial charge in [-0.2, -0.15) is 0 Å². The zero-order valence-electron chi connectivity index (χ0n) is 12.0. The molecule has 0 spiro atoms. The molecule has 0 saturated heterocycles. The molecule has 18 heavy (non-hydrogen) atoms. The van der Waals surface area contributed by atoms with E-state index in [1.54, 1.807) is 6.07 Å². The standard InChI is InChI=1S/C17H28O/c1-3-4-5-6-7-8-10-15(2)13-16-11-9-12-17(18)14-16/h9,11-12,14-15,18H,3-8,10,13H2,1-2H3. The first-order chi connectivity index (χ1) is 8.72. The second-order valence-corrected chi connectivity index (χ2v) is 5.54. The van der Waals surface area contributed by atoms with Gasteiger partial charge >= 0.3 is 0 Å². The van der Waals surface area contributed by atoms with Gasteiger partial charge in [0.15, 0.2) is 0 Å². The molecule has 0 bridgehead atoms. The predicted octanol–water partition coefficient (Wildman–Crippen LogP) is 5.32. The van der Waals surface area contributed by atoms with Crippen LogP contribution in [0.3, 0.4) is 0 Å². The van der Waals surface area contributed by atoms with Crippen molar-refractivity contribution in [3.8, 4) is 5.75 Å². The Hall–Kier alpha value is -0.980. The third kappa shape index (κ3) is 6.68. The number of phenols is 1. The van der Waals surface area contributed by atoms with Crippen LogP contribution in [0.4, 0.5) is 0 Å². The summed E-state index contributed by atoms with van der Waals surface area (Å²) in [7, 11) is 0. The lowest BCUT2D eigenvalue weighted by molar-refractivity contribution is 0.467. The van der Waals surface area contributed by atoms with Crippen molar-refractivity contribution >= 4 is 0 Å². The van der Waals surface area contributed by atoms with Crippen molar-refractivity contribution in [2.45, 2.75) is 65.2 Å². The highest BCUT2D eigenvalue weighted by Crippen LogP contribution is 2.19. The van der Waals surface area contributed by atoms with E-state index in [4.69, 9.17) is 0 Å². The molecule has 0 heterocycles. The lowest BCUT2D eigenvalue weighted by Gasteiger charge is -2.11. The molecular formula is C17H28O. The Morgan fingerprint density at radius 1 is 1.06 bits per heavy atom. The predicted molar refractivity (Wildman–Crippen MR) is 79.0 cm³/mol. The molecule has 102 valence electrons. The highest BCUT2D eigenvalue weighted by Gasteiger charge is 2.04. The maximum absolute atomic E-state index is 9.42. The fourth-order valence-corrected chi connectivity index (χ4v) is 2.46. The number of hydrogen-bond donors (Lipinski definition) is 1. The number of benzene rings is 1. The van der Waals surface area contributed by atoms with Crippen LogP contribution >= 0.6 is 0 Å². The van der Waals surface area contributed by atoms with Crippen molar-refractivity contribution in [2.75, 3.05) is 0 Å². The molecule has 1 heteroatoms. The Morgan fingerprint density at radius 3 is 2.50 bits per heavy atom. The maximum Gasteiger partial charge on any atom is 0.115 e. The second kappa shape index (κ2) is 9.02. The van der Waals surface area contributed by atoms with E-state index in [1.807, 2.05) is 12.1 Å². The molecule has 0 amide bonds. The molecule has 0 aromatic heterocycles. The fourth-order valence-electron chi connectivity index (χ4n) is 2.46. The zero-order chi connectivity index (χ0) is 13.2. The number of phenolic OH excluding ortho intramolecular Hbond substituents is 1. The van der Waals surface area contributed by atoms with Crippen LogP contribution in [0, 0.1) is 5.92 Å². The molecule has 0 saturated carbocycles. The molecule has 1 nitrogen and oxygen atoms in total. The van der Waals surface area contributed by atoms with Crippen molar-refractivity contribution in [3.05, 3.63) is 29.8 Å². The highest BCUT2D eigenvalue weighted by atomic mass is 16.3. The summed E-state index contributed by atoms with van der Waals surface area (Å²) in [6, 6.07) is 7.67. The third-order valence-corrected chi connectivity index (χ3v) is 3.55. The smallest absolute Gasteiger partial charge is 0.115 e. The van der Waals surface area contributed by atoms with Gasteiger partial charge in [0.25, 0.3) is 0 Å². The van der Waals surface area contributed by atoms with E-state index in [0.29, 0.717) is 5.75 Å². The van der Waals surface area contributed by atoms with E-state index in [-0.39, 0.29) is 0 Å². The Morgan fingerprint density at radius 2 is 1.78 bits per heavy atom. The number of rotatable bonds is 9. The lowest BCUT2D eigenvalue weighted by atomic mass is 9.95. The average molecular weight is 248 g/mol. The second-order valence-electron chi connectivity index (χ2n) is 5.54. The minimum atomic E-state index is 0.388. The van der Waals surface area contributed by atoms with Crippen molar-refractivity contribution in [2.24, 2.45) is 5.92 Å². The topological polar surface area (TPSA) is 20.2 Å². The van der Waals surface area contributed by atoms with E-state index < -0.39 is 0 Å². The molecule has 0 radical (unpaired) electrons. The summed E-state index contributed by atoms with van der Waals surface area (Å²) in [5, 5.41) is 9.42. The van der Waals surface area contributed by atoms with Crippen LogP contribution in [-0.4, -0.2) is 5.11 Å². The summed E-state index contributed by atoms with van der Waals surface area (Å²) >= 11 is 0. The van der Waals surface area contributed by atoms with Gasteiger partial charge in [-0.1, -0.05) is 70.9 Å². The molecular weight excluding hydrogens is 220 g/mol. The number of aromatic hydroxyl groups is 1. The van der Waals surface area contributed by atoms with E-state index in [9.17, 15) is 5.11 Å². The van der Waals surface area contributed by atoms with E-state index in [0.717, 1.165) is 12.3 Å². The number of hydrogen-bond acceptors (Lipinski definition) is 1. The molecule has 1 unspecified atom stereocenters. The van der Waals surface area contributed by atoms with Crippen LogP contribution in [0.5, 0.6) is 5.75 Å². The van der Waals surface area contributed by atoms with Gasteiger partial charge in [0, 0.05) is 0 Å². The molecule has 0 aliphatic heterocycles. The van der Waals surface area contributed by atoms with Crippen LogP contribution < -0.4 is 0 Å². The normalized spacial score (nSPS) is 12.6. The Labute approximate surface area is 112 Å². The summed E-state index contributed by atoms with van der Waals surface area (Å²) in [6.45, 7) is 4.58. The SMILES string of the molecule is CCCCCCCCC(C)Cc1cccc(O)c1. The molecule has 0 aliphatic carbocycles. The molecule has 1 rings (SSSR count). The summed E-state index contributed by atoms with van der Waals surface area (Å²) in [4.78, 5) is 0. The van der Waals surface area contributed by atoms with Gasteiger partial charge in [0.05, 0.1) is 0 Å². The molecule has 0 fully saturated rings. The first-order valence-electron chi connectivity index (χ1n) is 7.50. The first kappa shape index (κ1) is 15.1. The van der Waals surface area contributed by atoms with E-state index >= 15 is 0 Å². The van der Waals surface area contributed by atoms with Gasteiger partial charge < -0.3 is 5.11 Å². The maximum atomic E-state index is 9.42. The van der Waals surface area contributed by atoms with E-state index in [1.165, 1.54) is 50.5 Å². The minimum Gasteiger partial charge on any atom is -0.508 e. The van der Waals surface area contributed by atoms with Crippen LogP contribution in [-0.2, 0) is 6.42 Å². The minimum absolute atomic E-state index is 0.388. The van der Waals surface area contributed by atoms with Crippen molar-refractivity contribution in [1.82, 2.24) is 0 Å². The van der Waals surface area contributed by atoms with Crippen molar-refractivity contribution in [3.63, 3.8) is 0 Å². The lowest BCUT2D eigenvalue weighted by Crippen LogP contribution is -1.99. The monoisotopic (exact) mass is 248 g/mol. The van der Waals surface area contributed by atoms with Crippen LogP contribution in [0.2, 0.25) is 0 Å². The van der Waals surface area contributed by atoms with Gasteiger partial charge in [-0.05, 0) is 30.0 Å². The molecule has 0 aliphatic rings. The largest absolute Gasteiger partial charge is 0.508 e. The van der Waals surface area contributed by atoms with Crippen LogP contribution in [0.25, 0.3) is 0 Å². The van der Waals surface area contributed by atoms with E-state index in [2.05, 4.69) is 19.9 Å². The average Bonchev–Trinajstić information content (AvgIpc) is 2.33. The Bertz CT molecular complexity index is 319. The van der Waals surface area contributed by atoms with Gasteiger partial charge in [-0.3, -0.25) is 0 Å². The fraction of sp³-hybridized carbons (Fsp3) is 0.647.